The van der Waals surface area contributed by atoms with Gasteiger partial charge < -0.3 is 20.0 Å². The lowest BCUT2D eigenvalue weighted by molar-refractivity contribution is -0.284. The number of benzene rings is 1. The number of piperidine rings is 1. The van der Waals surface area contributed by atoms with Gasteiger partial charge in [-0.25, -0.2) is 9.59 Å². The van der Waals surface area contributed by atoms with E-state index in [-0.39, 0.29) is 37.3 Å². The van der Waals surface area contributed by atoms with E-state index in [4.69, 9.17) is 10.5 Å². The molecule has 2 aliphatic rings. The molecule has 3 atom stereocenters. The molecule has 1 aromatic carbocycles. The summed E-state index contributed by atoms with van der Waals surface area (Å²) >= 11 is 0. The molecule has 1 aliphatic heterocycles. The minimum atomic E-state index is -5.38. The largest absolute Gasteiger partial charge is 0.492 e. The summed E-state index contributed by atoms with van der Waals surface area (Å²) < 4.78 is 85.3. The van der Waals surface area contributed by atoms with E-state index in [1.807, 2.05) is 0 Å². The predicted molar refractivity (Wildman–Crippen MR) is 127 cm³/mol. The van der Waals surface area contributed by atoms with Gasteiger partial charge in [0.05, 0.1) is 7.11 Å². The quantitative estimate of drug-likeness (QED) is 0.334. The highest BCUT2D eigenvalue weighted by molar-refractivity contribution is 5.76. The number of methoxy groups -OCH3 is 1. The van der Waals surface area contributed by atoms with E-state index in [2.05, 4.69) is 9.57 Å². The maximum atomic E-state index is 12.8. The van der Waals surface area contributed by atoms with Crippen LogP contribution in [0.4, 0.5) is 26.3 Å². The van der Waals surface area contributed by atoms with Crippen LogP contribution in [0.1, 0.15) is 74.5 Å². The van der Waals surface area contributed by atoms with Gasteiger partial charge >= 0.3 is 30.3 Å². The van der Waals surface area contributed by atoms with Gasteiger partial charge in [-0.05, 0) is 54.6 Å². The second kappa shape index (κ2) is 13.2. The lowest BCUT2D eigenvalue weighted by Crippen LogP contribution is -2.48. The number of hydrogen-bond donors (Lipinski definition) is 1. The molecule has 1 heterocycles. The Morgan fingerprint density at radius 1 is 0.950 bits per heavy atom. The fraction of sp³-hybridized carbons (Fsp3) is 0.654. The van der Waals surface area contributed by atoms with E-state index in [0.29, 0.717) is 23.0 Å². The molecule has 0 spiro atoms. The summed E-state index contributed by atoms with van der Waals surface area (Å²) in [6.45, 7) is -0.386. The van der Waals surface area contributed by atoms with Crippen LogP contribution in [0.25, 0.3) is 0 Å². The second-order valence-corrected chi connectivity index (χ2v) is 10.2. The number of esters is 2. The number of carbonyl (C=O) groups is 3. The Kier molecular flexibility index (Phi) is 10.4. The summed E-state index contributed by atoms with van der Waals surface area (Å²) in [5.74, 6) is -5.27. The van der Waals surface area contributed by atoms with E-state index >= 15 is 0 Å². The molecule has 0 amide bonds. The van der Waals surface area contributed by atoms with Crippen molar-refractivity contribution in [3.63, 3.8) is 0 Å². The third kappa shape index (κ3) is 8.56. The fourth-order valence-electron chi connectivity index (χ4n) is 5.29. The van der Waals surface area contributed by atoms with Crippen LogP contribution >= 0.6 is 0 Å². The second-order valence-electron chi connectivity index (χ2n) is 10.2. The maximum absolute atomic E-state index is 12.8. The van der Waals surface area contributed by atoms with Gasteiger partial charge in [0.1, 0.15) is 0 Å². The molecule has 1 aliphatic carbocycles. The number of halogens is 6. The summed E-state index contributed by atoms with van der Waals surface area (Å²) in [6, 6.07) is 6.83. The van der Waals surface area contributed by atoms with Gasteiger partial charge in [0.15, 0.2) is 6.23 Å². The average molecular weight is 583 g/mol. The number of nitrogens with zero attached hydrogens (tertiary/aromatic N) is 1. The molecule has 1 saturated carbocycles. The molecule has 0 bridgehead atoms. The molecule has 8 nitrogen and oxygen atoms in total. The van der Waals surface area contributed by atoms with Crippen LogP contribution in [-0.2, 0) is 28.7 Å². The molecule has 3 unspecified atom stereocenters. The van der Waals surface area contributed by atoms with Gasteiger partial charge in [-0.3, -0.25) is 4.79 Å². The molecule has 40 heavy (non-hydrogen) atoms. The van der Waals surface area contributed by atoms with Gasteiger partial charge in [-0.1, -0.05) is 42.2 Å². The average Bonchev–Trinajstić information content (AvgIpc) is 2.91. The van der Waals surface area contributed by atoms with Gasteiger partial charge in [0.2, 0.25) is 0 Å². The number of hydrogen-bond acceptors (Lipinski definition) is 8. The summed E-state index contributed by atoms with van der Waals surface area (Å²) in [6.07, 6.45) is -7.97. The minimum absolute atomic E-state index is 0.131. The van der Waals surface area contributed by atoms with Crippen molar-refractivity contribution < 1.29 is 55.0 Å². The zero-order valence-corrected chi connectivity index (χ0v) is 21.8. The van der Waals surface area contributed by atoms with E-state index in [1.54, 1.807) is 24.3 Å². The Hall–Kier alpha value is -2.87. The third-order valence-electron chi connectivity index (χ3n) is 7.59. The van der Waals surface area contributed by atoms with E-state index in [9.17, 15) is 40.7 Å². The van der Waals surface area contributed by atoms with Crippen molar-refractivity contribution in [2.75, 3.05) is 13.7 Å². The first-order chi connectivity index (χ1) is 18.7. The topological polar surface area (TPSA) is 108 Å². The number of carbonyl (C=O) groups excluding carboxylic acids is 3. The van der Waals surface area contributed by atoms with Crippen molar-refractivity contribution >= 4 is 17.9 Å². The van der Waals surface area contributed by atoms with Crippen molar-refractivity contribution in [3.05, 3.63) is 35.4 Å². The summed E-state index contributed by atoms with van der Waals surface area (Å²) in [5.41, 5.74) is 8.04. The Morgan fingerprint density at radius 3 is 2.10 bits per heavy atom. The fourth-order valence-corrected chi connectivity index (χ4v) is 5.29. The number of ether oxygens (including phenoxy) is 2. The zero-order chi connectivity index (χ0) is 29.7. The maximum Gasteiger partial charge on any atom is 0.492 e. The van der Waals surface area contributed by atoms with Crippen molar-refractivity contribution in [2.45, 2.75) is 81.9 Å². The van der Waals surface area contributed by atoms with Gasteiger partial charge in [0, 0.05) is 25.4 Å². The predicted octanol–water partition coefficient (Wildman–Crippen LogP) is 5.08. The summed E-state index contributed by atoms with van der Waals surface area (Å²) in [4.78, 5) is 38.2. The van der Waals surface area contributed by atoms with Crippen molar-refractivity contribution in [1.29, 1.82) is 0 Å². The summed E-state index contributed by atoms with van der Waals surface area (Å²) in [5, 5.41) is 0.321. The van der Waals surface area contributed by atoms with E-state index < -0.39 is 36.4 Å². The van der Waals surface area contributed by atoms with Crippen LogP contribution in [0.3, 0.4) is 0 Å². The van der Waals surface area contributed by atoms with Crippen LogP contribution in [0.2, 0.25) is 0 Å². The number of hydroxylamine groups is 2. The number of rotatable bonds is 8. The van der Waals surface area contributed by atoms with Crippen LogP contribution in [0, 0.1) is 11.8 Å². The van der Waals surface area contributed by atoms with Gasteiger partial charge in [0.25, 0.3) is 0 Å². The first-order valence-electron chi connectivity index (χ1n) is 12.9. The van der Waals surface area contributed by atoms with Crippen LogP contribution < -0.4 is 5.73 Å². The number of alkyl halides is 6. The van der Waals surface area contributed by atoms with Crippen LogP contribution in [0.5, 0.6) is 0 Å². The third-order valence-corrected chi connectivity index (χ3v) is 7.59. The normalized spacial score (nSPS) is 25.1. The lowest BCUT2D eigenvalue weighted by atomic mass is 9.75. The number of nitrogens with two attached hydrogens (primary N) is 1. The van der Waals surface area contributed by atoms with Crippen LogP contribution in [0.15, 0.2) is 24.3 Å². The molecule has 224 valence electrons. The molecule has 3 rings (SSSR count). The Balaban J connectivity index is 1.62. The smallest absolute Gasteiger partial charge is 0.469 e. The summed E-state index contributed by atoms with van der Waals surface area (Å²) in [7, 11) is 1.36. The van der Waals surface area contributed by atoms with Crippen LogP contribution in [-0.4, -0.2) is 55.2 Å². The SMILES string of the molecule is COC(=O)CCC1CCC(C(N)c2ccc(C3CCN(OC(=O)C(F)(F)F)C(OC(=O)C(F)(F)F)C3)cc2)CC1. The first-order valence-corrected chi connectivity index (χ1v) is 12.9. The Labute approximate surface area is 227 Å². The zero-order valence-electron chi connectivity index (χ0n) is 21.8. The molecule has 14 heteroatoms. The van der Waals surface area contributed by atoms with Crippen molar-refractivity contribution in [2.24, 2.45) is 17.6 Å². The highest BCUT2D eigenvalue weighted by atomic mass is 19.4. The monoisotopic (exact) mass is 582 g/mol. The first kappa shape index (κ1) is 31.7. The molecule has 0 aromatic heterocycles. The van der Waals surface area contributed by atoms with Gasteiger partial charge in [-0.15, -0.1) is 0 Å². The van der Waals surface area contributed by atoms with Gasteiger partial charge in [-0.2, -0.15) is 26.3 Å². The lowest BCUT2D eigenvalue weighted by Gasteiger charge is -2.37. The highest BCUT2D eigenvalue weighted by Gasteiger charge is 2.48. The van der Waals surface area contributed by atoms with E-state index in [1.165, 1.54) is 7.11 Å². The molecular weight excluding hydrogens is 550 g/mol. The van der Waals surface area contributed by atoms with E-state index in [0.717, 1.165) is 37.7 Å². The molecule has 2 N–H and O–H groups in total. The van der Waals surface area contributed by atoms with Crippen molar-refractivity contribution in [1.82, 2.24) is 5.06 Å². The molecule has 1 saturated heterocycles. The molecular formula is C26H32F6N2O6. The highest BCUT2D eigenvalue weighted by Crippen LogP contribution is 2.39. The standard InChI is InChI=1S/C26H32F6N2O6/c1-38-21(35)11-4-15-2-5-17(6-3-15)22(33)18-9-7-16(8-10-18)19-12-13-34(40-24(37)26(30,31)32)20(14-19)39-23(36)25(27,28)29/h7-10,15,17,19-20,22H,2-6,11-14,33H2,1H3. The molecule has 2 fully saturated rings. The minimum Gasteiger partial charge on any atom is -0.469 e. The Bertz CT molecular complexity index is 1020. The molecule has 1 aromatic rings. The van der Waals surface area contributed by atoms with Crippen molar-refractivity contribution in [3.8, 4) is 0 Å². The Morgan fingerprint density at radius 2 is 1.55 bits per heavy atom. The molecule has 0 radical (unpaired) electrons.